The number of hydrogen-bond donors (Lipinski definition) is 0. The van der Waals surface area contributed by atoms with Crippen molar-refractivity contribution in [2.75, 3.05) is 0 Å². The van der Waals surface area contributed by atoms with Crippen molar-refractivity contribution in [3.05, 3.63) is 101 Å². The van der Waals surface area contributed by atoms with Crippen LogP contribution < -0.4 is 0 Å². The molecule has 0 fully saturated rings. The van der Waals surface area contributed by atoms with E-state index >= 15 is 0 Å². The van der Waals surface area contributed by atoms with Gasteiger partial charge in [-0.1, -0.05) is 98.5 Å². The summed E-state index contributed by atoms with van der Waals surface area (Å²) in [5.74, 6) is 0.326. The van der Waals surface area contributed by atoms with Crippen LogP contribution in [0.4, 0.5) is 0 Å². The molecule has 1 aliphatic carbocycles. The van der Waals surface area contributed by atoms with Crippen LogP contribution in [0.5, 0.6) is 0 Å². The van der Waals surface area contributed by atoms with E-state index in [1.807, 2.05) is 0 Å². The highest BCUT2D eigenvalue weighted by Gasteiger charge is 2.29. The highest BCUT2D eigenvalue weighted by molar-refractivity contribution is 6.82. The fraction of sp³-hybridized carbons (Fsp3) is 0.190. The normalized spacial score (nSPS) is 15.4. The molecule has 0 amide bonds. The molecule has 1 aliphatic rings. The lowest BCUT2D eigenvalue weighted by Crippen LogP contribution is -2.27. The zero-order chi connectivity index (χ0) is 15.6. The van der Waals surface area contributed by atoms with Crippen LogP contribution in [0.1, 0.15) is 17.0 Å². The van der Waals surface area contributed by atoms with Crippen LogP contribution in [-0.4, -0.2) is 8.07 Å². The molecule has 0 saturated heterocycles. The topological polar surface area (TPSA) is 0 Å². The van der Waals surface area contributed by atoms with E-state index in [1.54, 1.807) is 5.54 Å². The van der Waals surface area contributed by atoms with Gasteiger partial charge in [0.2, 0.25) is 0 Å². The predicted octanol–water partition coefficient (Wildman–Crippen LogP) is 5.77. The Morgan fingerprint density at radius 2 is 1.18 bits per heavy atom. The predicted molar refractivity (Wildman–Crippen MR) is 98.5 cm³/mol. The summed E-state index contributed by atoms with van der Waals surface area (Å²) in [6, 6.07) is 21.6. The van der Waals surface area contributed by atoms with Crippen LogP contribution in [-0.2, 0) is 0 Å². The molecular weight excluding hydrogens is 280 g/mol. The average molecular weight is 304 g/mol. The Bertz CT molecular complexity index is 635. The molecule has 3 rings (SSSR count). The molecule has 0 bridgehead atoms. The van der Waals surface area contributed by atoms with Crippen LogP contribution >= 0.6 is 0 Å². The minimum Gasteiger partial charge on any atom is -0.0761 e. The molecule has 0 saturated carbocycles. The van der Waals surface area contributed by atoms with Crippen molar-refractivity contribution in [2.24, 2.45) is 0 Å². The van der Waals surface area contributed by atoms with Crippen LogP contribution in [0.2, 0.25) is 19.6 Å². The Balaban J connectivity index is 2.03. The lowest BCUT2D eigenvalue weighted by Gasteiger charge is -2.22. The summed E-state index contributed by atoms with van der Waals surface area (Å²) >= 11 is 0. The monoisotopic (exact) mass is 303 g/mol. The Hall–Kier alpha value is -1.86. The van der Waals surface area contributed by atoms with E-state index in [1.165, 1.54) is 16.7 Å². The third-order valence-corrected chi connectivity index (χ3v) is 6.29. The van der Waals surface area contributed by atoms with E-state index in [2.05, 4.69) is 98.5 Å². The average Bonchev–Trinajstić information content (AvgIpc) is 2.99. The molecule has 0 unspecified atom stereocenters. The smallest absolute Gasteiger partial charge is 0.0608 e. The molecule has 0 heterocycles. The Kier molecular flexibility index (Phi) is 4.17. The first-order valence-electron chi connectivity index (χ1n) is 7.93. The molecule has 0 aliphatic heterocycles. The van der Waals surface area contributed by atoms with Crippen LogP contribution in [0.25, 0.3) is 0 Å². The van der Waals surface area contributed by atoms with Crippen molar-refractivity contribution >= 4 is 8.07 Å². The molecular formula is C21H23Si. The van der Waals surface area contributed by atoms with Gasteiger partial charge >= 0.3 is 0 Å². The second-order valence-electron chi connectivity index (χ2n) is 6.94. The number of allylic oxidation sites excluding steroid dienone is 4. The molecule has 0 aromatic heterocycles. The van der Waals surface area contributed by atoms with Crippen LogP contribution in [0.3, 0.4) is 0 Å². The van der Waals surface area contributed by atoms with Crippen molar-refractivity contribution in [1.82, 2.24) is 0 Å². The molecule has 0 nitrogen and oxygen atoms in total. The van der Waals surface area contributed by atoms with Gasteiger partial charge in [0.15, 0.2) is 0 Å². The van der Waals surface area contributed by atoms with Gasteiger partial charge in [0, 0.05) is 11.5 Å². The minimum atomic E-state index is -1.26. The number of benzene rings is 2. The fourth-order valence-electron chi connectivity index (χ4n) is 2.98. The van der Waals surface area contributed by atoms with Gasteiger partial charge in [-0.3, -0.25) is 0 Å². The van der Waals surface area contributed by atoms with Crippen LogP contribution in [0.15, 0.2) is 84.5 Å². The van der Waals surface area contributed by atoms with Gasteiger partial charge in [0.05, 0.1) is 8.07 Å². The third kappa shape index (κ3) is 3.15. The summed E-state index contributed by atoms with van der Waals surface area (Å²) < 4.78 is 0. The van der Waals surface area contributed by atoms with E-state index in [0.29, 0.717) is 5.92 Å². The zero-order valence-corrected chi connectivity index (χ0v) is 14.6. The molecule has 0 atom stereocenters. The van der Waals surface area contributed by atoms with Crippen molar-refractivity contribution < 1.29 is 0 Å². The van der Waals surface area contributed by atoms with E-state index in [4.69, 9.17) is 0 Å². The van der Waals surface area contributed by atoms with Crippen molar-refractivity contribution in [3.8, 4) is 0 Å². The summed E-state index contributed by atoms with van der Waals surface area (Å²) in [4.78, 5) is 0. The molecule has 2 aromatic rings. The zero-order valence-electron chi connectivity index (χ0n) is 13.6. The molecule has 1 radical (unpaired) electrons. The quantitative estimate of drug-likeness (QED) is 0.629. The fourth-order valence-corrected chi connectivity index (χ4v) is 4.16. The van der Waals surface area contributed by atoms with Gasteiger partial charge < -0.3 is 0 Å². The van der Waals surface area contributed by atoms with Gasteiger partial charge in [-0.25, -0.2) is 0 Å². The van der Waals surface area contributed by atoms with Gasteiger partial charge in [-0.2, -0.15) is 0 Å². The maximum Gasteiger partial charge on any atom is 0.0608 e. The first-order valence-corrected chi connectivity index (χ1v) is 11.4. The molecule has 111 valence electrons. The summed E-state index contributed by atoms with van der Waals surface area (Å²) in [6.45, 7) is 7.23. The lowest BCUT2D eigenvalue weighted by molar-refractivity contribution is 0.980. The maximum absolute atomic E-state index is 2.43. The van der Waals surface area contributed by atoms with Crippen molar-refractivity contribution in [3.63, 3.8) is 0 Å². The highest BCUT2D eigenvalue weighted by atomic mass is 28.3. The Morgan fingerprint density at radius 1 is 0.682 bits per heavy atom. The summed E-state index contributed by atoms with van der Waals surface area (Å²) in [5.41, 5.74) is 5.68. The van der Waals surface area contributed by atoms with E-state index in [9.17, 15) is 0 Å². The second-order valence-corrected chi connectivity index (χ2v) is 12.0. The molecule has 0 spiro atoms. The number of rotatable bonds is 4. The van der Waals surface area contributed by atoms with Gasteiger partial charge in [0.1, 0.15) is 0 Å². The molecule has 2 aromatic carbocycles. The lowest BCUT2D eigenvalue weighted by atomic mass is 9.85. The highest BCUT2D eigenvalue weighted by Crippen LogP contribution is 2.38. The maximum atomic E-state index is 2.43. The van der Waals surface area contributed by atoms with E-state index in [0.717, 1.165) is 0 Å². The minimum absolute atomic E-state index is 0.326. The van der Waals surface area contributed by atoms with Gasteiger partial charge in [0.25, 0.3) is 0 Å². The van der Waals surface area contributed by atoms with Crippen LogP contribution in [0, 0.1) is 5.54 Å². The van der Waals surface area contributed by atoms with Gasteiger partial charge in [-0.05, 0) is 16.7 Å². The summed E-state index contributed by atoms with van der Waals surface area (Å²) in [7, 11) is -1.26. The molecule has 0 N–H and O–H groups in total. The molecule has 1 heteroatoms. The van der Waals surface area contributed by atoms with Gasteiger partial charge in [-0.15, -0.1) is 0 Å². The number of hydrogen-bond acceptors (Lipinski definition) is 0. The second kappa shape index (κ2) is 6.10. The SMILES string of the molecule is C[Si](C)(C)[C]1C=CC(C(c2ccccc2)c2ccccc2)=C1. The Morgan fingerprint density at radius 3 is 1.59 bits per heavy atom. The largest absolute Gasteiger partial charge is 0.0761 e. The van der Waals surface area contributed by atoms with Crippen molar-refractivity contribution in [2.45, 2.75) is 25.6 Å². The summed E-state index contributed by atoms with van der Waals surface area (Å²) in [5, 5.41) is 0. The van der Waals surface area contributed by atoms with E-state index in [-0.39, 0.29) is 0 Å². The first kappa shape index (κ1) is 15.0. The van der Waals surface area contributed by atoms with E-state index < -0.39 is 8.07 Å². The Labute approximate surface area is 135 Å². The molecule has 22 heavy (non-hydrogen) atoms. The first-order chi connectivity index (χ1) is 10.6. The standard InChI is InChI=1S/C21H23Si/c1-22(2,3)20-15-14-19(16-20)21(17-10-6-4-7-11-17)18-12-8-5-9-13-18/h4-16,21H,1-3H3. The summed E-state index contributed by atoms with van der Waals surface area (Å²) in [6.07, 6.45) is 7.08. The van der Waals surface area contributed by atoms with Crippen molar-refractivity contribution in [1.29, 1.82) is 0 Å². The third-order valence-electron chi connectivity index (χ3n) is 4.24.